The number of thioether (sulfide) groups is 1. The minimum Gasteiger partial charge on any atom is -0.497 e. The summed E-state index contributed by atoms with van der Waals surface area (Å²) in [5, 5.41) is 16.6. The Bertz CT molecular complexity index is 1070. The smallest absolute Gasteiger partial charge is 0.237 e. The first-order chi connectivity index (χ1) is 14.1. The van der Waals surface area contributed by atoms with Gasteiger partial charge in [0.25, 0.3) is 0 Å². The van der Waals surface area contributed by atoms with Gasteiger partial charge < -0.3 is 9.26 Å². The molecule has 0 bridgehead atoms. The Morgan fingerprint density at radius 2 is 1.83 bits per heavy atom. The van der Waals surface area contributed by atoms with Crippen LogP contribution in [-0.2, 0) is 5.75 Å². The molecule has 0 N–H and O–H groups in total. The van der Waals surface area contributed by atoms with Gasteiger partial charge in [-0.1, -0.05) is 55.0 Å². The van der Waals surface area contributed by atoms with Crippen molar-refractivity contribution < 1.29 is 9.26 Å². The van der Waals surface area contributed by atoms with Crippen LogP contribution in [0.2, 0.25) is 0 Å². The Labute approximate surface area is 172 Å². The van der Waals surface area contributed by atoms with Gasteiger partial charge in [0, 0.05) is 5.56 Å². The van der Waals surface area contributed by atoms with Crippen LogP contribution in [0.5, 0.6) is 5.75 Å². The summed E-state index contributed by atoms with van der Waals surface area (Å²) in [6.07, 6.45) is 0. The maximum atomic E-state index is 5.39. The summed E-state index contributed by atoms with van der Waals surface area (Å²) >= 11 is 1.43. The Morgan fingerprint density at radius 3 is 2.52 bits per heavy atom. The summed E-state index contributed by atoms with van der Waals surface area (Å²) in [6, 6.07) is 15.7. The predicted octanol–water partition coefficient (Wildman–Crippen LogP) is 4.14. The normalized spacial score (nSPS) is 11.2. The number of nitrogens with zero attached hydrogens (tertiary/aromatic N) is 6. The summed E-state index contributed by atoms with van der Waals surface area (Å²) in [4.78, 5) is 4.49. The molecule has 0 unspecified atom stereocenters. The minimum absolute atomic E-state index is 0.466. The molecular weight excluding hydrogens is 388 g/mol. The Balaban J connectivity index is 1.45. The molecule has 2 aromatic carbocycles. The van der Waals surface area contributed by atoms with Gasteiger partial charge in [-0.2, -0.15) is 9.67 Å². The first-order valence-electron chi connectivity index (χ1n) is 9.12. The van der Waals surface area contributed by atoms with Gasteiger partial charge in [0.2, 0.25) is 16.9 Å². The number of rotatable bonds is 7. The van der Waals surface area contributed by atoms with E-state index in [0.29, 0.717) is 28.5 Å². The standard InChI is InChI=1S/C20H20N6O2S/c1-13(2)14-4-6-15(7-5-14)19-21-18(28-23-19)12-29-20-22-24-25-26(20)16-8-10-17(27-3)11-9-16/h4-11,13H,12H2,1-3H3. The lowest BCUT2D eigenvalue weighted by Gasteiger charge is -2.04. The van der Waals surface area contributed by atoms with E-state index in [1.807, 2.05) is 36.4 Å². The lowest BCUT2D eigenvalue weighted by molar-refractivity contribution is 0.391. The maximum Gasteiger partial charge on any atom is 0.237 e. The van der Waals surface area contributed by atoms with Gasteiger partial charge in [-0.05, 0) is 46.2 Å². The van der Waals surface area contributed by atoms with Crippen LogP contribution in [-0.4, -0.2) is 37.5 Å². The van der Waals surface area contributed by atoms with Gasteiger partial charge in [-0.25, -0.2) is 0 Å². The average molecular weight is 408 g/mol. The van der Waals surface area contributed by atoms with Crippen LogP contribution < -0.4 is 4.74 Å². The fraction of sp³-hybridized carbons (Fsp3) is 0.250. The van der Waals surface area contributed by atoms with Crippen molar-refractivity contribution in [2.75, 3.05) is 7.11 Å². The maximum absolute atomic E-state index is 5.39. The zero-order valence-corrected chi connectivity index (χ0v) is 17.1. The lowest BCUT2D eigenvalue weighted by Crippen LogP contribution is -1.99. The number of ether oxygens (including phenoxy) is 1. The van der Waals surface area contributed by atoms with Crippen molar-refractivity contribution >= 4 is 11.8 Å². The number of tetrazole rings is 1. The highest BCUT2D eigenvalue weighted by molar-refractivity contribution is 7.98. The number of benzene rings is 2. The van der Waals surface area contributed by atoms with Crippen LogP contribution in [0.1, 0.15) is 31.2 Å². The van der Waals surface area contributed by atoms with E-state index >= 15 is 0 Å². The van der Waals surface area contributed by atoms with E-state index < -0.39 is 0 Å². The second kappa shape index (κ2) is 8.44. The van der Waals surface area contributed by atoms with E-state index in [0.717, 1.165) is 17.0 Å². The molecule has 0 aliphatic heterocycles. The number of hydrogen-bond acceptors (Lipinski definition) is 8. The van der Waals surface area contributed by atoms with Crippen LogP contribution in [0.3, 0.4) is 0 Å². The molecule has 0 amide bonds. The molecular formula is C20H20N6O2S. The summed E-state index contributed by atoms with van der Waals surface area (Å²) in [6.45, 7) is 4.33. The van der Waals surface area contributed by atoms with E-state index in [1.54, 1.807) is 11.8 Å². The summed E-state index contributed by atoms with van der Waals surface area (Å²) in [7, 11) is 1.63. The van der Waals surface area contributed by atoms with Gasteiger partial charge in [-0.15, -0.1) is 5.10 Å². The van der Waals surface area contributed by atoms with Crippen LogP contribution in [0.25, 0.3) is 17.1 Å². The van der Waals surface area contributed by atoms with Crippen molar-refractivity contribution in [1.29, 1.82) is 0 Å². The fourth-order valence-electron chi connectivity index (χ4n) is 2.73. The van der Waals surface area contributed by atoms with Gasteiger partial charge in [0.15, 0.2) is 0 Å². The Kier molecular flexibility index (Phi) is 5.57. The molecule has 0 aliphatic carbocycles. The highest BCUT2D eigenvalue weighted by Gasteiger charge is 2.14. The fourth-order valence-corrected chi connectivity index (χ4v) is 3.46. The monoisotopic (exact) mass is 408 g/mol. The summed E-state index contributed by atoms with van der Waals surface area (Å²) < 4.78 is 12.2. The van der Waals surface area contributed by atoms with E-state index in [-0.39, 0.29) is 0 Å². The van der Waals surface area contributed by atoms with E-state index in [2.05, 4.69) is 51.6 Å². The third kappa shape index (κ3) is 4.29. The molecule has 0 saturated carbocycles. The second-order valence-electron chi connectivity index (χ2n) is 6.65. The van der Waals surface area contributed by atoms with Gasteiger partial charge in [0.05, 0.1) is 18.6 Å². The molecule has 2 aromatic heterocycles. The second-order valence-corrected chi connectivity index (χ2v) is 7.59. The molecule has 0 radical (unpaired) electrons. The number of aromatic nitrogens is 6. The molecule has 0 aliphatic rings. The molecule has 8 nitrogen and oxygen atoms in total. The number of methoxy groups -OCH3 is 1. The first-order valence-corrected chi connectivity index (χ1v) is 10.1. The number of hydrogen-bond donors (Lipinski definition) is 0. The quantitative estimate of drug-likeness (QED) is 0.421. The molecule has 4 rings (SSSR count). The van der Waals surface area contributed by atoms with E-state index in [1.165, 1.54) is 17.3 Å². The average Bonchev–Trinajstić information content (AvgIpc) is 3.42. The first kappa shape index (κ1) is 19.1. The van der Waals surface area contributed by atoms with Crippen molar-refractivity contribution in [3.63, 3.8) is 0 Å². The zero-order chi connectivity index (χ0) is 20.2. The van der Waals surface area contributed by atoms with Crippen LogP contribution in [0.15, 0.2) is 58.2 Å². The van der Waals surface area contributed by atoms with E-state index in [9.17, 15) is 0 Å². The van der Waals surface area contributed by atoms with Crippen molar-refractivity contribution in [2.24, 2.45) is 0 Å². The van der Waals surface area contributed by atoms with Crippen LogP contribution in [0, 0.1) is 0 Å². The molecule has 2 heterocycles. The predicted molar refractivity (Wildman–Crippen MR) is 109 cm³/mol. The minimum atomic E-state index is 0.466. The third-order valence-corrected chi connectivity index (χ3v) is 5.29. The highest BCUT2D eigenvalue weighted by atomic mass is 32.2. The molecule has 4 aromatic rings. The Morgan fingerprint density at radius 1 is 1.07 bits per heavy atom. The summed E-state index contributed by atoms with van der Waals surface area (Å²) in [5.74, 6) is 2.81. The van der Waals surface area contributed by atoms with Gasteiger partial charge in [0.1, 0.15) is 5.75 Å². The molecule has 0 atom stereocenters. The molecule has 29 heavy (non-hydrogen) atoms. The molecule has 148 valence electrons. The van der Waals surface area contributed by atoms with Crippen molar-refractivity contribution in [3.8, 4) is 22.8 Å². The van der Waals surface area contributed by atoms with Gasteiger partial charge >= 0.3 is 0 Å². The highest BCUT2D eigenvalue weighted by Crippen LogP contribution is 2.25. The molecule has 9 heteroatoms. The lowest BCUT2D eigenvalue weighted by atomic mass is 10.0. The molecule has 0 fully saturated rings. The Hall–Kier alpha value is -3.20. The largest absolute Gasteiger partial charge is 0.497 e. The summed E-state index contributed by atoms with van der Waals surface area (Å²) in [5.41, 5.74) is 3.05. The van der Waals surface area contributed by atoms with Crippen molar-refractivity contribution in [1.82, 2.24) is 30.3 Å². The van der Waals surface area contributed by atoms with Crippen LogP contribution in [0.4, 0.5) is 0 Å². The van der Waals surface area contributed by atoms with Crippen molar-refractivity contribution in [2.45, 2.75) is 30.7 Å². The van der Waals surface area contributed by atoms with Crippen LogP contribution >= 0.6 is 11.8 Å². The molecule has 0 spiro atoms. The molecule has 0 saturated heterocycles. The van der Waals surface area contributed by atoms with Gasteiger partial charge in [-0.3, -0.25) is 0 Å². The van der Waals surface area contributed by atoms with Crippen molar-refractivity contribution in [3.05, 3.63) is 60.0 Å². The topological polar surface area (TPSA) is 91.8 Å². The van der Waals surface area contributed by atoms with E-state index in [4.69, 9.17) is 9.26 Å². The third-order valence-electron chi connectivity index (χ3n) is 4.39. The zero-order valence-electron chi connectivity index (χ0n) is 16.3. The SMILES string of the molecule is COc1ccc(-n2nnnc2SCc2nc(-c3ccc(C(C)C)cc3)no2)cc1.